The molecular weight excluding hydrogens is 342 g/mol. The summed E-state index contributed by atoms with van der Waals surface area (Å²) in [4.78, 5) is 27.1. The molecule has 6 nitrogen and oxygen atoms in total. The first-order chi connectivity index (χ1) is 12.7. The standard InChI is InChI=1S/C21H29N3O3/c1-15-9-11-24(12-10-15)19(25)18(23-20(26)27-21(2,3)4)13-16-5-7-17(14-22)8-6-16/h5-8,15,18H,9-13H2,1-4H3,(H,23,26). The molecule has 0 aliphatic carbocycles. The highest BCUT2D eigenvalue weighted by atomic mass is 16.6. The summed E-state index contributed by atoms with van der Waals surface area (Å²) in [7, 11) is 0. The Labute approximate surface area is 161 Å². The van der Waals surface area contributed by atoms with Gasteiger partial charge in [0.15, 0.2) is 0 Å². The monoisotopic (exact) mass is 371 g/mol. The van der Waals surface area contributed by atoms with Gasteiger partial charge in [-0.05, 0) is 57.2 Å². The van der Waals surface area contributed by atoms with E-state index in [-0.39, 0.29) is 5.91 Å². The molecule has 27 heavy (non-hydrogen) atoms. The molecule has 0 radical (unpaired) electrons. The predicted octanol–water partition coefficient (Wildman–Crippen LogP) is 3.25. The minimum Gasteiger partial charge on any atom is -0.444 e. The maximum atomic E-state index is 13.0. The van der Waals surface area contributed by atoms with Crippen molar-refractivity contribution in [3.8, 4) is 6.07 Å². The molecule has 1 heterocycles. The van der Waals surface area contributed by atoms with Gasteiger partial charge in [-0.25, -0.2) is 4.79 Å². The van der Waals surface area contributed by atoms with Crippen LogP contribution in [-0.4, -0.2) is 41.6 Å². The zero-order valence-corrected chi connectivity index (χ0v) is 16.6. The van der Waals surface area contributed by atoms with E-state index in [0.717, 1.165) is 18.4 Å². The summed E-state index contributed by atoms with van der Waals surface area (Å²) in [5, 5.41) is 11.7. The van der Waals surface area contributed by atoms with Crippen molar-refractivity contribution in [2.45, 2.75) is 58.6 Å². The van der Waals surface area contributed by atoms with Gasteiger partial charge in [0.1, 0.15) is 11.6 Å². The smallest absolute Gasteiger partial charge is 0.408 e. The second kappa shape index (κ2) is 8.90. The fourth-order valence-corrected chi connectivity index (χ4v) is 3.05. The maximum Gasteiger partial charge on any atom is 0.408 e. The number of piperidine rings is 1. The van der Waals surface area contributed by atoms with Crippen molar-refractivity contribution in [3.63, 3.8) is 0 Å². The Morgan fingerprint density at radius 2 is 1.85 bits per heavy atom. The molecule has 1 unspecified atom stereocenters. The minimum absolute atomic E-state index is 0.0860. The third kappa shape index (κ3) is 6.59. The maximum absolute atomic E-state index is 13.0. The van der Waals surface area contributed by atoms with Crippen LogP contribution in [-0.2, 0) is 16.0 Å². The van der Waals surface area contributed by atoms with Gasteiger partial charge in [0.25, 0.3) is 0 Å². The molecule has 1 saturated heterocycles. The molecule has 1 atom stereocenters. The summed E-state index contributed by atoms with van der Waals surface area (Å²) in [6.45, 7) is 8.97. The highest BCUT2D eigenvalue weighted by Gasteiger charge is 2.30. The van der Waals surface area contributed by atoms with Crippen LogP contribution in [0.25, 0.3) is 0 Å². The number of rotatable bonds is 4. The quantitative estimate of drug-likeness (QED) is 0.881. The highest BCUT2D eigenvalue weighted by molar-refractivity contribution is 5.86. The summed E-state index contributed by atoms with van der Waals surface area (Å²) < 4.78 is 5.33. The number of hydrogen-bond donors (Lipinski definition) is 1. The van der Waals surface area contributed by atoms with Gasteiger partial charge in [-0.3, -0.25) is 4.79 Å². The van der Waals surface area contributed by atoms with Crippen molar-refractivity contribution in [2.24, 2.45) is 5.92 Å². The van der Waals surface area contributed by atoms with Crippen molar-refractivity contribution < 1.29 is 14.3 Å². The summed E-state index contributed by atoms with van der Waals surface area (Å²) in [5.41, 5.74) is 0.813. The SMILES string of the molecule is CC1CCN(C(=O)C(Cc2ccc(C#N)cc2)NC(=O)OC(C)(C)C)CC1. The molecule has 0 saturated carbocycles. The Hall–Kier alpha value is -2.55. The Morgan fingerprint density at radius 3 is 2.37 bits per heavy atom. The molecule has 2 amide bonds. The number of amides is 2. The molecule has 0 bridgehead atoms. The number of nitrogens with zero attached hydrogens (tertiary/aromatic N) is 2. The van der Waals surface area contributed by atoms with Gasteiger partial charge in [-0.15, -0.1) is 0 Å². The normalized spacial score (nSPS) is 16.3. The fraction of sp³-hybridized carbons (Fsp3) is 0.571. The number of alkyl carbamates (subject to hydrolysis) is 1. The van der Waals surface area contributed by atoms with Crippen molar-refractivity contribution in [3.05, 3.63) is 35.4 Å². The van der Waals surface area contributed by atoms with Gasteiger partial charge in [-0.1, -0.05) is 19.1 Å². The molecule has 1 fully saturated rings. The van der Waals surface area contributed by atoms with Gasteiger partial charge in [0, 0.05) is 19.5 Å². The number of carbonyl (C=O) groups is 2. The zero-order valence-electron chi connectivity index (χ0n) is 16.6. The first kappa shape index (κ1) is 20.8. The van der Waals surface area contributed by atoms with Crippen LogP contribution in [0.3, 0.4) is 0 Å². The molecule has 6 heteroatoms. The van der Waals surface area contributed by atoms with Gasteiger partial charge < -0.3 is 15.0 Å². The van der Waals surface area contributed by atoms with Crippen LogP contribution in [0.2, 0.25) is 0 Å². The third-order valence-corrected chi connectivity index (χ3v) is 4.61. The molecule has 0 spiro atoms. The Morgan fingerprint density at radius 1 is 1.26 bits per heavy atom. The average molecular weight is 371 g/mol. The van der Waals surface area contributed by atoms with Crippen molar-refractivity contribution >= 4 is 12.0 Å². The third-order valence-electron chi connectivity index (χ3n) is 4.61. The van der Waals surface area contributed by atoms with Crippen LogP contribution in [0.4, 0.5) is 4.79 Å². The number of benzene rings is 1. The van der Waals surface area contributed by atoms with Crippen molar-refractivity contribution in [1.82, 2.24) is 10.2 Å². The van der Waals surface area contributed by atoms with Crippen LogP contribution >= 0.6 is 0 Å². The molecule has 1 aromatic rings. The summed E-state index contributed by atoms with van der Waals surface area (Å²) in [6, 6.07) is 8.44. The number of nitriles is 1. The average Bonchev–Trinajstić information content (AvgIpc) is 2.60. The second-order valence-corrected chi connectivity index (χ2v) is 8.22. The van der Waals surface area contributed by atoms with E-state index in [2.05, 4.69) is 18.3 Å². The highest BCUT2D eigenvalue weighted by Crippen LogP contribution is 2.18. The van der Waals surface area contributed by atoms with E-state index in [1.165, 1.54) is 0 Å². The van der Waals surface area contributed by atoms with Gasteiger partial charge in [0.05, 0.1) is 11.6 Å². The summed E-state index contributed by atoms with van der Waals surface area (Å²) in [6.07, 6.45) is 1.71. The Bertz CT molecular complexity index is 693. The Balaban J connectivity index is 2.12. The first-order valence-electron chi connectivity index (χ1n) is 9.45. The topological polar surface area (TPSA) is 82.4 Å². The molecule has 1 aliphatic heterocycles. The van der Waals surface area contributed by atoms with Crippen molar-refractivity contribution in [2.75, 3.05) is 13.1 Å². The number of hydrogen-bond acceptors (Lipinski definition) is 4. The molecule has 1 aliphatic rings. The van der Waals surface area contributed by atoms with Crippen LogP contribution < -0.4 is 5.32 Å². The Kier molecular flexibility index (Phi) is 6.84. The fourth-order valence-electron chi connectivity index (χ4n) is 3.05. The van der Waals surface area contributed by atoms with E-state index in [1.807, 2.05) is 17.0 Å². The van der Waals surface area contributed by atoms with E-state index in [4.69, 9.17) is 10.00 Å². The van der Waals surface area contributed by atoms with Crippen LogP contribution in [0.5, 0.6) is 0 Å². The lowest BCUT2D eigenvalue weighted by Crippen LogP contribution is -2.52. The first-order valence-corrected chi connectivity index (χ1v) is 9.45. The lowest BCUT2D eigenvalue weighted by molar-refractivity contribution is -0.134. The second-order valence-electron chi connectivity index (χ2n) is 8.22. The molecule has 1 N–H and O–H groups in total. The van der Waals surface area contributed by atoms with Crippen molar-refractivity contribution in [1.29, 1.82) is 5.26 Å². The van der Waals surface area contributed by atoms with Crippen LogP contribution in [0.1, 0.15) is 51.7 Å². The zero-order chi connectivity index (χ0) is 20.0. The summed E-state index contributed by atoms with van der Waals surface area (Å²) in [5.74, 6) is 0.530. The summed E-state index contributed by atoms with van der Waals surface area (Å²) >= 11 is 0. The minimum atomic E-state index is -0.693. The number of nitrogens with one attached hydrogen (secondary N) is 1. The largest absolute Gasteiger partial charge is 0.444 e. The van der Waals surface area contributed by atoms with E-state index in [0.29, 0.717) is 31.0 Å². The van der Waals surface area contributed by atoms with E-state index in [9.17, 15) is 9.59 Å². The number of carbonyl (C=O) groups excluding carboxylic acids is 2. The van der Waals surface area contributed by atoms with Crippen LogP contribution in [0, 0.1) is 17.2 Å². The number of likely N-dealkylation sites (tertiary alicyclic amines) is 1. The lowest BCUT2D eigenvalue weighted by atomic mass is 9.97. The lowest BCUT2D eigenvalue weighted by Gasteiger charge is -2.33. The van der Waals surface area contributed by atoms with E-state index >= 15 is 0 Å². The molecule has 146 valence electrons. The molecule has 2 rings (SSSR count). The van der Waals surface area contributed by atoms with E-state index < -0.39 is 17.7 Å². The van der Waals surface area contributed by atoms with Gasteiger partial charge >= 0.3 is 6.09 Å². The van der Waals surface area contributed by atoms with Gasteiger partial charge in [-0.2, -0.15) is 5.26 Å². The number of ether oxygens (including phenoxy) is 1. The van der Waals surface area contributed by atoms with E-state index in [1.54, 1.807) is 32.9 Å². The van der Waals surface area contributed by atoms with Crippen LogP contribution in [0.15, 0.2) is 24.3 Å². The molecule has 1 aromatic carbocycles. The molecule has 0 aromatic heterocycles. The molecular formula is C21H29N3O3. The van der Waals surface area contributed by atoms with Gasteiger partial charge in [0.2, 0.25) is 5.91 Å². The predicted molar refractivity (Wildman–Crippen MR) is 103 cm³/mol.